The summed E-state index contributed by atoms with van der Waals surface area (Å²) in [6, 6.07) is 30.7. The summed E-state index contributed by atoms with van der Waals surface area (Å²) in [5, 5.41) is 0. The van der Waals surface area contributed by atoms with E-state index in [0.29, 0.717) is 11.5 Å². The van der Waals surface area contributed by atoms with E-state index in [1.165, 1.54) is 0 Å². The molecule has 200 valence electrons. The maximum atomic E-state index is 6.20. The molecule has 0 heterocycles. The van der Waals surface area contributed by atoms with Gasteiger partial charge in [0.2, 0.25) is 0 Å². The van der Waals surface area contributed by atoms with Crippen LogP contribution in [0.1, 0.15) is 11.1 Å². The van der Waals surface area contributed by atoms with Crippen molar-refractivity contribution in [2.24, 2.45) is 0 Å². The van der Waals surface area contributed by atoms with Gasteiger partial charge in [0.1, 0.15) is 34.5 Å². The highest BCUT2D eigenvalue weighted by atomic mass is 28.4. The van der Waals surface area contributed by atoms with Crippen LogP contribution in [0.5, 0.6) is 34.5 Å². The second kappa shape index (κ2) is 12.1. The van der Waals surface area contributed by atoms with Crippen LogP contribution in [0, 0.1) is 0 Å². The Bertz CT molecular complexity index is 1270. The predicted molar refractivity (Wildman–Crippen MR) is 163 cm³/mol. The van der Waals surface area contributed by atoms with E-state index in [1.54, 1.807) is 12.2 Å². The van der Waals surface area contributed by atoms with Gasteiger partial charge in [-0.15, -0.1) is 0 Å². The van der Waals surface area contributed by atoms with Crippen LogP contribution in [0.2, 0.25) is 26.2 Å². The van der Waals surface area contributed by atoms with Crippen molar-refractivity contribution >= 4 is 29.3 Å². The summed E-state index contributed by atoms with van der Waals surface area (Å²) in [5.74, 6) is 4.44. The number of benzene rings is 4. The van der Waals surface area contributed by atoms with E-state index >= 15 is 0 Å². The quantitative estimate of drug-likeness (QED) is 0.163. The van der Waals surface area contributed by atoms with Gasteiger partial charge < -0.3 is 22.4 Å². The van der Waals surface area contributed by atoms with Gasteiger partial charge in [0.15, 0.2) is 0 Å². The van der Waals surface area contributed by atoms with Gasteiger partial charge >= 0.3 is 17.1 Å². The Kier molecular flexibility index (Phi) is 8.63. The Balaban J connectivity index is 1.30. The molecule has 39 heavy (non-hydrogen) atoms. The minimum atomic E-state index is -2.45. The van der Waals surface area contributed by atoms with Gasteiger partial charge in [-0.25, -0.2) is 0 Å². The fourth-order valence-electron chi connectivity index (χ4n) is 3.81. The molecule has 0 N–H and O–H groups in total. The van der Waals surface area contributed by atoms with Crippen molar-refractivity contribution in [3.05, 3.63) is 121 Å². The third-order valence-corrected chi connectivity index (χ3v) is 8.48. The van der Waals surface area contributed by atoms with E-state index in [4.69, 9.17) is 22.4 Å². The molecule has 4 aromatic rings. The molecule has 0 bridgehead atoms. The van der Waals surface area contributed by atoms with Crippen LogP contribution in [0.3, 0.4) is 0 Å². The first kappa shape index (κ1) is 27.8. The summed E-state index contributed by atoms with van der Waals surface area (Å²) in [5.41, 5.74) is 2.09. The molecule has 0 aliphatic carbocycles. The lowest BCUT2D eigenvalue weighted by Gasteiger charge is -2.25. The average Bonchev–Trinajstić information content (AvgIpc) is 2.91. The predicted octanol–water partition coefficient (Wildman–Crippen LogP) is 9.08. The molecular weight excluding hydrogens is 521 g/mol. The van der Waals surface area contributed by atoms with Crippen molar-refractivity contribution in [1.82, 2.24) is 0 Å². The fraction of sp³-hybridized carbons (Fsp3) is 0.125. The number of hydrogen-bond donors (Lipinski definition) is 0. The highest BCUT2D eigenvalue weighted by molar-refractivity contribution is 6.66. The van der Waals surface area contributed by atoms with Crippen LogP contribution in [-0.4, -0.2) is 17.1 Å². The molecular formula is C32H34O5Si2. The van der Waals surface area contributed by atoms with Gasteiger partial charge in [0, 0.05) is 26.2 Å². The summed E-state index contributed by atoms with van der Waals surface area (Å²) in [6.07, 6.45) is 3.61. The van der Waals surface area contributed by atoms with Crippen LogP contribution < -0.4 is 22.4 Å². The smallest absolute Gasteiger partial charge is 0.454 e. The number of rotatable bonds is 12. The zero-order valence-electron chi connectivity index (χ0n) is 22.8. The molecule has 0 unspecified atom stereocenters. The second-order valence-corrected chi connectivity index (χ2v) is 16.2. The molecule has 5 nitrogen and oxygen atoms in total. The lowest BCUT2D eigenvalue weighted by atomic mass is 10.2. The normalized spacial score (nSPS) is 11.3. The van der Waals surface area contributed by atoms with E-state index in [1.807, 2.05) is 123 Å². The van der Waals surface area contributed by atoms with Gasteiger partial charge in [-0.2, -0.15) is 0 Å². The molecule has 0 amide bonds. The van der Waals surface area contributed by atoms with Crippen LogP contribution in [-0.2, 0) is 0 Å². The average molecular weight is 555 g/mol. The summed E-state index contributed by atoms with van der Waals surface area (Å²) in [4.78, 5) is 0. The molecule has 4 rings (SSSR count). The standard InChI is InChI=1S/C32H34O5Si2/c1-7-25-9-13-29(14-10-25)34-38(3,4)36-31-21-17-27(18-22-31)33-28-19-23-32(24-20-28)37-39(5,6)35-30-15-11-26(8-2)12-16-30/h7-24H,1-2H2,3-6H3. The van der Waals surface area contributed by atoms with Crippen molar-refractivity contribution in [2.75, 3.05) is 0 Å². The third kappa shape index (κ3) is 8.39. The van der Waals surface area contributed by atoms with Crippen molar-refractivity contribution in [3.63, 3.8) is 0 Å². The molecule has 0 saturated carbocycles. The number of hydrogen-bond acceptors (Lipinski definition) is 5. The summed E-state index contributed by atoms with van der Waals surface area (Å²) in [7, 11) is -4.90. The van der Waals surface area contributed by atoms with Crippen LogP contribution in [0.15, 0.2) is 110 Å². The lowest BCUT2D eigenvalue weighted by molar-refractivity contribution is 0.399. The maximum absolute atomic E-state index is 6.20. The highest BCUT2D eigenvalue weighted by Crippen LogP contribution is 2.28. The monoisotopic (exact) mass is 554 g/mol. The topological polar surface area (TPSA) is 46.2 Å². The lowest BCUT2D eigenvalue weighted by Crippen LogP contribution is -2.41. The Labute approximate surface area is 233 Å². The van der Waals surface area contributed by atoms with Crippen LogP contribution in [0.4, 0.5) is 0 Å². The van der Waals surface area contributed by atoms with Crippen molar-refractivity contribution in [3.8, 4) is 34.5 Å². The minimum absolute atomic E-state index is 0.706. The van der Waals surface area contributed by atoms with Gasteiger partial charge in [-0.3, -0.25) is 0 Å². The molecule has 7 heteroatoms. The van der Waals surface area contributed by atoms with Crippen molar-refractivity contribution in [1.29, 1.82) is 0 Å². The summed E-state index contributed by atoms with van der Waals surface area (Å²) in [6.45, 7) is 15.6. The molecule has 0 saturated heterocycles. The Hall–Kier alpha value is -4.21. The van der Waals surface area contributed by atoms with Crippen molar-refractivity contribution < 1.29 is 22.4 Å². The second-order valence-electron chi connectivity index (χ2n) is 9.80. The van der Waals surface area contributed by atoms with Gasteiger partial charge in [-0.05, 0) is 83.9 Å². The maximum Gasteiger partial charge on any atom is 0.454 e. The Morgan fingerprint density at radius 2 is 0.641 bits per heavy atom. The first-order chi connectivity index (χ1) is 18.6. The molecule has 0 spiro atoms. The Morgan fingerprint density at radius 1 is 0.410 bits per heavy atom. The van der Waals surface area contributed by atoms with E-state index in [2.05, 4.69) is 13.2 Å². The molecule has 0 aromatic heterocycles. The largest absolute Gasteiger partial charge is 0.512 e. The Morgan fingerprint density at radius 3 is 0.897 bits per heavy atom. The molecule has 4 aromatic carbocycles. The fourth-order valence-corrected chi connectivity index (χ4v) is 6.71. The SMILES string of the molecule is C=Cc1ccc(O[Si](C)(C)Oc2ccc(Oc3ccc(O[Si](C)(C)Oc4ccc(C=C)cc4)cc3)cc2)cc1. The molecule has 0 aliphatic heterocycles. The molecule has 0 radical (unpaired) electrons. The zero-order valence-corrected chi connectivity index (χ0v) is 24.8. The van der Waals surface area contributed by atoms with Crippen LogP contribution >= 0.6 is 0 Å². The van der Waals surface area contributed by atoms with E-state index in [9.17, 15) is 0 Å². The minimum Gasteiger partial charge on any atom is -0.512 e. The molecule has 0 atom stereocenters. The molecule has 0 fully saturated rings. The van der Waals surface area contributed by atoms with Crippen LogP contribution in [0.25, 0.3) is 12.2 Å². The molecule has 0 aliphatic rings. The first-order valence-electron chi connectivity index (χ1n) is 12.7. The zero-order chi connectivity index (χ0) is 27.9. The van der Waals surface area contributed by atoms with Gasteiger partial charge in [0.25, 0.3) is 0 Å². The third-order valence-electron chi connectivity index (χ3n) is 5.57. The van der Waals surface area contributed by atoms with E-state index < -0.39 is 17.1 Å². The highest BCUT2D eigenvalue weighted by Gasteiger charge is 2.30. The van der Waals surface area contributed by atoms with Crippen molar-refractivity contribution in [2.45, 2.75) is 26.2 Å². The number of ether oxygens (including phenoxy) is 1. The van der Waals surface area contributed by atoms with Gasteiger partial charge in [0.05, 0.1) is 0 Å². The van der Waals surface area contributed by atoms with E-state index in [0.717, 1.165) is 34.1 Å². The van der Waals surface area contributed by atoms with Gasteiger partial charge in [-0.1, -0.05) is 49.6 Å². The first-order valence-corrected chi connectivity index (χ1v) is 18.4. The summed E-state index contributed by atoms with van der Waals surface area (Å²) >= 11 is 0. The van der Waals surface area contributed by atoms with E-state index in [-0.39, 0.29) is 0 Å². The summed E-state index contributed by atoms with van der Waals surface area (Å²) < 4.78 is 30.7.